The van der Waals surface area contributed by atoms with Gasteiger partial charge in [0, 0.05) is 19.1 Å². The first-order valence-electron chi connectivity index (χ1n) is 11.8. The van der Waals surface area contributed by atoms with Crippen molar-refractivity contribution in [2.45, 2.75) is 65.5 Å². The van der Waals surface area contributed by atoms with Crippen molar-refractivity contribution in [3.8, 4) is 11.5 Å². The third-order valence-corrected chi connectivity index (χ3v) is 8.10. The van der Waals surface area contributed by atoms with E-state index in [-0.39, 0.29) is 35.5 Å². The normalized spacial score (nSPS) is 32.2. The van der Waals surface area contributed by atoms with E-state index in [1.807, 2.05) is 32.0 Å². The smallest absolute Gasteiger partial charge is 0.255 e. The number of carbonyl (C=O) groups is 2. The Morgan fingerprint density at radius 2 is 2.00 bits per heavy atom. The minimum atomic E-state index is -0.529. The van der Waals surface area contributed by atoms with Gasteiger partial charge < -0.3 is 25.3 Å². The van der Waals surface area contributed by atoms with Crippen molar-refractivity contribution in [3.05, 3.63) is 23.8 Å². The molecule has 1 aromatic rings. The fourth-order valence-electron chi connectivity index (χ4n) is 6.62. The molecule has 1 aliphatic heterocycles. The van der Waals surface area contributed by atoms with E-state index in [1.54, 1.807) is 0 Å². The number of rotatable bonds is 8. The first-order chi connectivity index (χ1) is 15.2. The molecular formula is C25H36N2O5. The van der Waals surface area contributed by atoms with Crippen molar-refractivity contribution in [1.82, 2.24) is 5.32 Å². The highest BCUT2D eigenvalue weighted by Gasteiger charge is 2.68. The van der Waals surface area contributed by atoms with Gasteiger partial charge in [0.1, 0.15) is 0 Å². The molecule has 1 aromatic carbocycles. The Labute approximate surface area is 190 Å². The molecule has 5 atom stereocenters. The zero-order valence-electron chi connectivity index (χ0n) is 19.6. The van der Waals surface area contributed by atoms with Crippen LogP contribution in [0.25, 0.3) is 0 Å². The molecule has 176 valence electrons. The number of ether oxygens (including phenoxy) is 3. The molecule has 2 amide bonds. The molecule has 2 aliphatic carbocycles. The standard InChI is InChI=1S/C25H36N2O5/c1-5-21(29)27-23-24(3,4)16-12-17-22(31-10-9-25(17,23)13-16)15-7-8-18(32-14-20(26)28)19(11-15)30-6-2/h7-8,11,16-17,22-23H,5-6,9-10,12-14H2,1-4H3,(H2,26,28)(H,27,29)/t16-,17-,22-,23+,25?/m1/s1. The Morgan fingerprint density at radius 1 is 1.22 bits per heavy atom. The highest BCUT2D eigenvalue weighted by molar-refractivity contribution is 5.76. The van der Waals surface area contributed by atoms with E-state index in [4.69, 9.17) is 19.9 Å². The van der Waals surface area contributed by atoms with Crippen LogP contribution in [0.4, 0.5) is 0 Å². The molecule has 1 spiro atoms. The third kappa shape index (κ3) is 3.74. The van der Waals surface area contributed by atoms with Crippen LogP contribution in [0.1, 0.15) is 65.0 Å². The van der Waals surface area contributed by atoms with Crippen LogP contribution < -0.4 is 20.5 Å². The van der Waals surface area contributed by atoms with Crippen LogP contribution in [0.2, 0.25) is 0 Å². The average molecular weight is 445 g/mol. The number of primary amides is 1. The molecule has 3 fully saturated rings. The van der Waals surface area contributed by atoms with Gasteiger partial charge in [0.05, 0.1) is 12.7 Å². The number of hydrogen-bond acceptors (Lipinski definition) is 5. The number of nitrogens with two attached hydrogens (primary N) is 1. The molecule has 4 rings (SSSR count). The fraction of sp³-hybridized carbons (Fsp3) is 0.680. The quantitative estimate of drug-likeness (QED) is 0.640. The Morgan fingerprint density at radius 3 is 2.69 bits per heavy atom. The van der Waals surface area contributed by atoms with Crippen LogP contribution >= 0.6 is 0 Å². The van der Waals surface area contributed by atoms with Gasteiger partial charge in [-0.15, -0.1) is 0 Å². The molecule has 1 heterocycles. The van der Waals surface area contributed by atoms with Crippen LogP contribution in [-0.4, -0.2) is 37.7 Å². The highest BCUT2D eigenvalue weighted by Crippen LogP contribution is 2.70. The van der Waals surface area contributed by atoms with Crippen molar-refractivity contribution in [1.29, 1.82) is 0 Å². The zero-order valence-corrected chi connectivity index (χ0v) is 19.6. The van der Waals surface area contributed by atoms with Crippen LogP contribution in [-0.2, 0) is 14.3 Å². The third-order valence-electron chi connectivity index (χ3n) is 8.10. The molecule has 2 bridgehead atoms. The predicted molar refractivity (Wildman–Crippen MR) is 120 cm³/mol. The first-order valence-corrected chi connectivity index (χ1v) is 11.8. The summed E-state index contributed by atoms with van der Waals surface area (Å²) in [5, 5.41) is 3.40. The molecule has 3 N–H and O–H groups in total. The van der Waals surface area contributed by atoms with Gasteiger partial charge in [-0.2, -0.15) is 0 Å². The number of hydrogen-bond donors (Lipinski definition) is 2. The predicted octanol–water partition coefficient (Wildman–Crippen LogP) is 3.36. The summed E-state index contributed by atoms with van der Waals surface area (Å²) in [6, 6.07) is 5.96. The Hall–Kier alpha value is -2.28. The highest BCUT2D eigenvalue weighted by atomic mass is 16.5. The van der Waals surface area contributed by atoms with Gasteiger partial charge in [0.15, 0.2) is 18.1 Å². The SMILES string of the molecule is CCOc1cc([C@H]2OCCC34C[C@@H](C[C@H]23)C(C)(C)[C@@H]4NC(=O)CC)ccc1OCC(N)=O. The average Bonchev–Trinajstić information content (AvgIpc) is 3.25. The summed E-state index contributed by atoms with van der Waals surface area (Å²) < 4.78 is 17.7. The molecule has 7 nitrogen and oxygen atoms in total. The van der Waals surface area contributed by atoms with E-state index in [2.05, 4.69) is 19.2 Å². The van der Waals surface area contributed by atoms with E-state index >= 15 is 0 Å². The second-order valence-electron chi connectivity index (χ2n) is 10.1. The van der Waals surface area contributed by atoms with Crippen LogP contribution in [0, 0.1) is 22.7 Å². The van der Waals surface area contributed by atoms with Gasteiger partial charge in [-0.1, -0.05) is 26.8 Å². The Kier molecular flexibility index (Phi) is 6.14. The van der Waals surface area contributed by atoms with Gasteiger partial charge in [0.25, 0.3) is 5.91 Å². The lowest BCUT2D eigenvalue weighted by Crippen LogP contribution is -2.58. The van der Waals surface area contributed by atoms with Gasteiger partial charge >= 0.3 is 0 Å². The van der Waals surface area contributed by atoms with Crippen molar-refractivity contribution in [3.63, 3.8) is 0 Å². The van der Waals surface area contributed by atoms with Gasteiger partial charge in [-0.05, 0) is 66.5 Å². The molecule has 0 aromatic heterocycles. The minimum Gasteiger partial charge on any atom is -0.490 e. The maximum absolute atomic E-state index is 12.4. The van der Waals surface area contributed by atoms with Gasteiger partial charge in [-0.3, -0.25) is 9.59 Å². The van der Waals surface area contributed by atoms with Crippen molar-refractivity contribution < 1.29 is 23.8 Å². The van der Waals surface area contributed by atoms with E-state index in [0.717, 1.165) is 24.8 Å². The van der Waals surface area contributed by atoms with Crippen LogP contribution in [0.5, 0.6) is 11.5 Å². The lowest BCUT2D eigenvalue weighted by atomic mass is 9.59. The second kappa shape index (κ2) is 8.58. The minimum absolute atomic E-state index is 0.0504. The first kappa shape index (κ1) is 22.9. The number of benzene rings is 1. The number of fused-ring (bicyclic) bond motifs is 1. The monoisotopic (exact) mass is 444 g/mol. The van der Waals surface area contributed by atoms with Gasteiger partial charge in [0.2, 0.25) is 5.91 Å². The van der Waals surface area contributed by atoms with E-state index < -0.39 is 5.91 Å². The summed E-state index contributed by atoms with van der Waals surface area (Å²) in [6.45, 7) is 9.41. The second-order valence-corrected chi connectivity index (χ2v) is 10.1. The summed E-state index contributed by atoms with van der Waals surface area (Å²) in [4.78, 5) is 23.6. The molecule has 1 unspecified atom stereocenters. The van der Waals surface area contributed by atoms with E-state index in [0.29, 0.717) is 43.0 Å². The summed E-state index contributed by atoms with van der Waals surface area (Å²) in [5.74, 6) is 1.59. The topological polar surface area (TPSA) is 99.9 Å². The largest absolute Gasteiger partial charge is 0.490 e. The van der Waals surface area contributed by atoms with Crippen molar-refractivity contribution >= 4 is 11.8 Å². The lowest BCUT2D eigenvalue weighted by Gasteiger charge is -2.53. The van der Waals surface area contributed by atoms with E-state index in [1.165, 1.54) is 0 Å². The molecule has 0 radical (unpaired) electrons. The number of nitrogens with one attached hydrogen (secondary N) is 1. The lowest BCUT2D eigenvalue weighted by molar-refractivity contribution is -0.137. The summed E-state index contributed by atoms with van der Waals surface area (Å²) in [7, 11) is 0. The van der Waals surface area contributed by atoms with Crippen LogP contribution in [0.3, 0.4) is 0 Å². The molecule has 1 saturated heterocycles. The molecule has 7 heteroatoms. The molecular weight excluding hydrogens is 408 g/mol. The van der Waals surface area contributed by atoms with Crippen molar-refractivity contribution in [2.75, 3.05) is 19.8 Å². The number of amides is 2. The summed E-state index contributed by atoms with van der Waals surface area (Å²) in [5.41, 5.74) is 6.41. The summed E-state index contributed by atoms with van der Waals surface area (Å²) in [6.07, 6.45) is 3.65. The molecule has 2 saturated carbocycles. The van der Waals surface area contributed by atoms with E-state index in [9.17, 15) is 9.59 Å². The molecule has 3 aliphatic rings. The summed E-state index contributed by atoms with van der Waals surface area (Å²) >= 11 is 0. The van der Waals surface area contributed by atoms with Crippen LogP contribution in [0.15, 0.2) is 18.2 Å². The Balaban J connectivity index is 1.64. The van der Waals surface area contributed by atoms with Crippen molar-refractivity contribution in [2.24, 2.45) is 28.4 Å². The fourth-order valence-corrected chi connectivity index (χ4v) is 6.62. The molecule has 32 heavy (non-hydrogen) atoms. The van der Waals surface area contributed by atoms with Gasteiger partial charge in [-0.25, -0.2) is 0 Å². The number of carbonyl (C=O) groups excluding carboxylic acids is 2. The zero-order chi connectivity index (χ0) is 23.1. The Bertz CT molecular complexity index is 885. The maximum Gasteiger partial charge on any atom is 0.255 e. The maximum atomic E-state index is 12.4.